The highest BCUT2D eigenvalue weighted by atomic mass is 32.1. The Morgan fingerprint density at radius 3 is 3.05 bits per heavy atom. The zero-order valence-electron chi connectivity index (χ0n) is 10.8. The number of amides is 1. The molecule has 0 saturated carbocycles. The minimum absolute atomic E-state index is 0.201. The Morgan fingerprint density at radius 1 is 1.50 bits per heavy atom. The van der Waals surface area contributed by atoms with Gasteiger partial charge in [0, 0.05) is 17.8 Å². The fraction of sp³-hybridized carbons (Fsp3) is 0.143. The summed E-state index contributed by atoms with van der Waals surface area (Å²) in [5.41, 5.74) is 6.53. The van der Waals surface area contributed by atoms with Crippen LogP contribution in [0.15, 0.2) is 41.3 Å². The summed E-state index contributed by atoms with van der Waals surface area (Å²) < 4.78 is 6.17. The summed E-state index contributed by atoms with van der Waals surface area (Å²) in [6, 6.07) is 5.22. The van der Waals surface area contributed by atoms with Crippen molar-refractivity contribution in [2.75, 3.05) is 5.73 Å². The van der Waals surface area contributed by atoms with E-state index in [0.717, 1.165) is 10.1 Å². The van der Waals surface area contributed by atoms with Crippen molar-refractivity contribution < 1.29 is 9.21 Å². The second-order valence-corrected chi connectivity index (χ2v) is 5.48. The van der Waals surface area contributed by atoms with E-state index < -0.39 is 0 Å². The van der Waals surface area contributed by atoms with Gasteiger partial charge in [0.25, 0.3) is 5.91 Å². The average molecular weight is 287 g/mol. The number of carbonyl (C=O) groups is 1. The number of hydrogen-bond donors (Lipinski definition) is 2. The molecule has 0 aliphatic rings. The predicted octanol–water partition coefficient (Wildman–Crippen LogP) is 2.96. The van der Waals surface area contributed by atoms with Gasteiger partial charge in [0.2, 0.25) is 0 Å². The van der Waals surface area contributed by atoms with Crippen molar-refractivity contribution in [3.8, 4) is 0 Å². The van der Waals surface area contributed by atoms with Gasteiger partial charge in [0.05, 0.1) is 22.7 Å². The highest BCUT2D eigenvalue weighted by Crippen LogP contribution is 2.33. The third kappa shape index (κ3) is 2.14. The van der Waals surface area contributed by atoms with Gasteiger partial charge < -0.3 is 15.5 Å². The molecule has 102 valence electrons. The Kier molecular flexibility index (Phi) is 3.15. The van der Waals surface area contributed by atoms with E-state index in [0.29, 0.717) is 16.3 Å². The molecule has 0 radical (unpaired) electrons. The molecule has 0 saturated heterocycles. The summed E-state index contributed by atoms with van der Waals surface area (Å²) >= 11 is 1.34. The standard InChI is InChI=1S/C14H13N3O2S/c1-8(10-3-2-6-19-10)17-14(18)13-12(15)9-4-5-16-7-11(9)20-13/h2-8H,15H2,1H3,(H,17,18). The molecule has 1 atom stereocenters. The van der Waals surface area contributed by atoms with Crippen molar-refractivity contribution in [2.24, 2.45) is 0 Å². The molecule has 3 N–H and O–H groups in total. The number of pyridine rings is 1. The van der Waals surface area contributed by atoms with Crippen LogP contribution in [0.5, 0.6) is 0 Å². The van der Waals surface area contributed by atoms with Crippen LogP contribution < -0.4 is 11.1 Å². The van der Waals surface area contributed by atoms with Crippen LogP contribution in [0.2, 0.25) is 0 Å². The molecule has 1 amide bonds. The fourth-order valence-electron chi connectivity index (χ4n) is 2.01. The van der Waals surface area contributed by atoms with Crippen molar-refractivity contribution in [2.45, 2.75) is 13.0 Å². The number of nitrogens with zero attached hydrogens (tertiary/aromatic N) is 1. The molecule has 0 bridgehead atoms. The van der Waals surface area contributed by atoms with Crippen LogP contribution in [0, 0.1) is 0 Å². The number of carbonyl (C=O) groups excluding carboxylic acids is 1. The SMILES string of the molecule is CC(NC(=O)c1sc2cnccc2c1N)c1ccco1. The van der Waals surface area contributed by atoms with Crippen molar-refractivity contribution in [1.29, 1.82) is 0 Å². The van der Waals surface area contributed by atoms with E-state index in [1.165, 1.54) is 11.3 Å². The highest BCUT2D eigenvalue weighted by Gasteiger charge is 2.19. The van der Waals surface area contributed by atoms with Crippen LogP contribution in [0.3, 0.4) is 0 Å². The molecule has 3 aromatic rings. The van der Waals surface area contributed by atoms with Gasteiger partial charge in [-0.2, -0.15) is 0 Å². The average Bonchev–Trinajstić information content (AvgIpc) is 3.07. The molecular formula is C14H13N3O2S. The summed E-state index contributed by atoms with van der Waals surface area (Å²) in [7, 11) is 0. The number of hydrogen-bond acceptors (Lipinski definition) is 5. The minimum Gasteiger partial charge on any atom is -0.467 e. The zero-order chi connectivity index (χ0) is 14.1. The van der Waals surface area contributed by atoms with Crippen LogP contribution in [0.25, 0.3) is 10.1 Å². The van der Waals surface area contributed by atoms with Crippen LogP contribution in [-0.4, -0.2) is 10.9 Å². The van der Waals surface area contributed by atoms with Gasteiger partial charge in [0.15, 0.2) is 0 Å². The second-order valence-electron chi connectivity index (χ2n) is 4.43. The van der Waals surface area contributed by atoms with Gasteiger partial charge in [-0.3, -0.25) is 9.78 Å². The lowest BCUT2D eigenvalue weighted by molar-refractivity contribution is 0.0940. The lowest BCUT2D eigenvalue weighted by Gasteiger charge is -2.10. The predicted molar refractivity (Wildman–Crippen MR) is 78.6 cm³/mol. The molecular weight excluding hydrogens is 274 g/mol. The Morgan fingerprint density at radius 2 is 2.35 bits per heavy atom. The number of thiophene rings is 1. The Labute approximate surface area is 119 Å². The van der Waals surface area contributed by atoms with E-state index in [1.807, 2.05) is 19.1 Å². The molecule has 6 heteroatoms. The molecule has 0 fully saturated rings. The topological polar surface area (TPSA) is 81.2 Å². The summed E-state index contributed by atoms with van der Waals surface area (Å²) in [4.78, 5) is 16.8. The van der Waals surface area contributed by atoms with Gasteiger partial charge in [-0.15, -0.1) is 11.3 Å². The van der Waals surface area contributed by atoms with Crippen LogP contribution in [0.4, 0.5) is 5.69 Å². The number of nitrogens with one attached hydrogen (secondary N) is 1. The third-order valence-corrected chi connectivity index (χ3v) is 4.21. The number of rotatable bonds is 3. The van der Waals surface area contributed by atoms with Crippen LogP contribution >= 0.6 is 11.3 Å². The van der Waals surface area contributed by atoms with Crippen molar-refractivity contribution in [3.63, 3.8) is 0 Å². The van der Waals surface area contributed by atoms with Crippen LogP contribution in [-0.2, 0) is 0 Å². The summed E-state index contributed by atoms with van der Waals surface area (Å²) in [5.74, 6) is 0.507. The van der Waals surface area contributed by atoms with Crippen LogP contribution in [0.1, 0.15) is 28.4 Å². The van der Waals surface area contributed by atoms with E-state index in [-0.39, 0.29) is 11.9 Å². The number of furan rings is 1. The first-order chi connectivity index (χ1) is 9.66. The molecule has 0 aromatic carbocycles. The molecule has 20 heavy (non-hydrogen) atoms. The molecule has 3 aromatic heterocycles. The Bertz CT molecular complexity index is 749. The Balaban J connectivity index is 1.87. The minimum atomic E-state index is -0.208. The molecule has 5 nitrogen and oxygen atoms in total. The quantitative estimate of drug-likeness (QED) is 0.776. The summed E-state index contributed by atoms with van der Waals surface area (Å²) in [6.45, 7) is 1.86. The lowest BCUT2D eigenvalue weighted by atomic mass is 10.2. The third-order valence-electron chi connectivity index (χ3n) is 3.06. The van der Waals surface area contributed by atoms with Gasteiger partial charge in [-0.25, -0.2) is 0 Å². The number of nitrogens with two attached hydrogens (primary N) is 1. The van der Waals surface area contributed by atoms with E-state index >= 15 is 0 Å². The molecule has 0 spiro atoms. The first-order valence-corrected chi connectivity index (χ1v) is 6.94. The van der Waals surface area contributed by atoms with E-state index in [9.17, 15) is 4.79 Å². The second kappa shape index (κ2) is 4.97. The van der Waals surface area contributed by atoms with Crippen molar-refractivity contribution >= 4 is 33.0 Å². The van der Waals surface area contributed by atoms with Crippen molar-refractivity contribution in [1.82, 2.24) is 10.3 Å². The maximum atomic E-state index is 12.3. The van der Waals surface area contributed by atoms with E-state index in [4.69, 9.17) is 10.2 Å². The molecule has 3 heterocycles. The largest absolute Gasteiger partial charge is 0.467 e. The summed E-state index contributed by atoms with van der Waals surface area (Å²) in [6.07, 6.45) is 4.96. The van der Waals surface area contributed by atoms with Gasteiger partial charge in [-0.1, -0.05) is 0 Å². The lowest BCUT2D eigenvalue weighted by Crippen LogP contribution is -2.26. The van der Waals surface area contributed by atoms with Gasteiger partial charge >= 0.3 is 0 Å². The number of fused-ring (bicyclic) bond motifs is 1. The Hall–Kier alpha value is -2.34. The maximum absolute atomic E-state index is 12.3. The number of nitrogen functional groups attached to an aromatic ring is 1. The highest BCUT2D eigenvalue weighted by molar-refractivity contribution is 7.21. The van der Waals surface area contributed by atoms with E-state index in [1.54, 1.807) is 24.7 Å². The summed E-state index contributed by atoms with van der Waals surface area (Å²) in [5, 5.41) is 3.74. The monoisotopic (exact) mass is 287 g/mol. The maximum Gasteiger partial charge on any atom is 0.264 e. The first kappa shape index (κ1) is 12.7. The fourth-order valence-corrected chi connectivity index (χ4v) is 3.00. The number of anilines is 1. The van der Waals surface area contributed by atoms with Crippen molar-refractivity contribution in [3.05, 3.63) is 47.5 Å². The zero-order valence-corrected chi connectivity index (χ0v) is 11.6. The first-order valence-electron chi connectivity index (χ1n) is 6.13. The van der Waals surface area contributed by atoms with Gasteiger partial charge in [-0.05, 0) is 25.1 Å². The molecule has 0 aliphatic heterocycles. The van der Waals surface area contributed by atoms with E-state index in [2.05, 4.69) is 10.3 Å². The van der Waals surface area contributed by atoms with Gasteiger partial charge in [0.1, 0.15) is 10.6 Å². The smallest absolute Gasteiger partial charge is 0.264 e. The number of aromatic nitrogens is 1. The normalized spacial score (nSPS) is 12.4. The molecule has 1 unspecified atom stereocenters. The molecule has 3 rings (SSSR count). The molecule has 0 aliphatic carbocycles.